The molecule has 3 aliphatic rings. The van der Waals surface area contributed by atoms with Crippen molar-refractivity contribution in [1.82, 2.24) is 40.8 Å². The highest BCUT2D eigenvalue weighted by atomic mass is 16.5. The van der Waals surface area contributed by atoms with Crippen LogP contribution in [0.25, 0.3) is 44.4 Å². The van der Waals surface area contributed by atoms with Gasteiger partial charge in [0.05, 0.1) is 44.0 Å². The summed E-state index contributed by atoms with van der Waals surface area (Å²) in [7, 11) is 2.60. The highest BCUT2D eigenvalue weighted by Gasteiger charge is 2.56. The van der Waals surface area contributed by atoms with Crippen molar-refractivity contribution in [2.24, 2.45) is 29.6 Å². The smallest absolute Gasteiger partial charge is 0.407 e. The second-order valence-electron chi connectivity index (χ2n) is 17.7. The van der Waals surface area contributed by atoms with E-state index in [9.17, 15) is 19.2 Å². The number of nitrogens with one attached hydrogen (secondary N) is 5. The molecule has 4 amide bonds. The zero-order chi connectivity index (χ0) is 43.1. The first-order valence-electron chi connectivity index (χ1n) is 21.4. The fraction of sp³-hybridized carbons (Fsp3) is 0.447. The van der Waals surface area contributed by atoms with Crippen LogP contribution in [0.1, 0.15) is 71.6 Å². The second-order valence-corrected chi connectivity index (χ2v) is 17.7. The quantitative estimate of drug-likeness (QED) is 0.0768. The van der Waals surface area contributed by atoms with Gasteiger partial charge in [0.25, 0.3) is 0 Å². The van der Waals surface area contributed by atoms with Gasteiger partial charge in [0.15, 0.2) is 0 Å². The van der Waals surface area contributed by atoms with Gasteiger partial charge in [-0.3, -0.25) is 9.59 Å². The van der Waals surface area contributed by atoms with E-state index in [1.807, 2.05) is 45.0 Å². The van der Waals surface area contributed by atoms with E-state index in [-0.39, 0.29) is 41.8 Å². The minimum absolute atomic E-state index is 0.0612. The number of hydrogen-bond donors (Lipinski definition) is 5. The zero-order valence-corrected chi connectivity index (χ0v) is 35.8. The number of amides is 4. The SMILES string of the molecule is COC(=O)N[C@H](C(=O)N[C@@H]1[C@H](C)[C@@H]1CCc1ncc(-c2cccc(-c3ccc4cc(-c5cnc([C@@H]6C[C@H]7C[C@H]7N6C(=O)[C@@H](NC(=O)OC)C(C)C)[nH]5)ccc4c3)c2)[nH]1)C(C)C. The van der Waals surface area contributed by atoms with E-state index in [0.717, 1.165) is 81.7 Å². The normalized spacial score (nSPS) is 22.4. The number of carbonyl (C=O) groups excluding carboxylic acids is 4. The molecule has 0 radical (unpaired) electrons. The number of aromatic amines is 2. The molecular formula is C47H56N8O6. The number of likely N-dealkylation sites (tertiary alicyclic amines) is 1. The van der Waals surface area contributed by atoms with Crippen molar-refractivity contribution in [1.29, 1.82) is 0 Å². The maximum Gasteiger partial charge on any atom is 0.407 e. The number of rotatable bonds is 14. The fourth-order valence-corrected chi connectivity index (χ4v) is 9.13. The maximum absolute atomic E-state index is 13.8. The Balaban J connectivity index is 0.902. The summed E-state index contributed by atoms with van der Waals surface area (Å²) in [6, 6.07) is 20.0. The number of imidazole rings is 2. The van der Waals surface area contributed by atoms with Gasteiger partial charge in [-0.15, -0.1) is 0 Å². The van der Waals surface area contributed by atoms with Gasteiger partial charge in [0.1, 0.15) is 23.7 Å². The lowest BCUT2D eigenvalue weighted by Gasteiger charge is -2.31. The van der Waals surface area contributed by atoms with E-state index in [4.69, 9.17) is 19.4 Å². The van der Waals surface area contributed by atoms with Gasteiger partial charge < -0.3 is 40.3 Å². The first kappa shape index (κ1) is 41.5. The average Bonchev–Trinajstić information content (AvgIpc) is 3.81. The van der Waals surface area contributed by atoms with Crippen LogP contribution in [-0.2, 0) is 25.5 Å². The predicted octanol–water partition coefficient (Wildman–Crippen LogP) is 7.39. The Labute approximate surface area is 356 Å². The summed E-state index contributed by atoms with van der Waals surface area (Å²) in [6.45, 7) is 9.78. The van der Waals surface area contributed by atoms with Crippen molar-refractivity contribution in [3.8, 4) is 33.6 Å². The molecule has 5 aromatic rings. The van der Waals surface area contributed by atoms with Gasteiger partial charge in [-0.25, -0.2) is 19.6 Å². The Kier molecular flexibility index (Phi) is 11.6. The molecule has 1 saturated heterocycles. The molecule has 2 aliphatic carbocycles. The summed E-state index contributed by atoms with van der Waals surface area (Å²) >= 11 is 0. The van der Waals surface area contributed by atoms with Gasteiger partial charge >= 0.3 is 12.2 Å². The third kappa shape index (κ3) is 8.71. The topological polar surface area (TPSA) is 183 Å². The lowest BCUT2D eigenvalue weighted by atomic mass is 9.98. The molecule has 14 nitrogen and oxygen atoms in total. The van der Waals surface area contributed by atoms with Crippen molar-refractivity contribution in [2.45, 2.75) is 90.5 Å². The molecule has 2 saturated carbocycles. The van der Waals surface area contributed by atoms with E-state index in [1.165, 1.54) is 14.2 Å². The van der Waals surface area contributed by atoms with Gasteiger partial charge in [0, 0.05) is 29.6 Å². The van der Waals surface area contributed by atoms with E-state index in [2.05, 4.69) is 93.5 Å². The van der Waals surface area contributed by atoms with Gasteiger partial charge in [-0.1, -0.05) is 77.1 Å². The number of fused-ring (bicyclic) bond motifs is 2. The molecule has 8 atom stereocenters. The molecule has 2 aromatic heterocycles. The van der Waals surface area contributed by atoms with Crippen LogP contribution in [0, 0.1) is 29.6 Å². The summed E-state index contributed by atoms with van der Waals surface area (Å²) < 4.78 is 9.51. The molecule has 3 fully saturated rings. The Morgan fingerprint density at radius 3 is 2.08 bits per heavy atom. The van der Waals surface area contributed by atoms with Crippen LogP contribution in [-0.4, -0.2) is 87.2 Å². The Morgan fingerprint density at radius 1 is 0.770 bits per heavy atom. The van der Waals surface area contributed by atoms with Crippen LogP contribution in [0.5, 0.6) is 0 Å². The summed E-state index contributed by atoms with van der Waals surface area (Å²) in [6.07, 6.45) is 5.97. The standard InChI is InChI=1S/C47H56N8O6/c1-24(2)40(53-46(58)60-6)44(56)52-42-26(5)34(42)15-16-39-48-22-35(50-39)31-10-8-9-27(18-31)28-11-12-30-19-32(14-13-29(30)17-28)36-23-49-43(51-36)38-21-33-20-37(33)55(38)45(57)41(25(3)4)54-47(59)61-7/h8-14,17-19,22-26,33-34,37-38,40-42H,15-16,20-21H2,1-7H3,(H,48,50)(H,49,51)(H,52,56)(H,53,58)(H,54,59)/t26-,33-,34+,37-,38+,40+,41+,42-/m1/s1. The molecule has 14 heteroatoms. The molecule has 8 rings (SSSR count). The van der Waals surface area contributed by atoms with Crippen molar-refractivity contribution >= 4 is 34.8 Å². The molecule has 320 valence electrons. The summed E-state index contributed by atoms with van der Waals surface area (Å²) in [5.41, 5.74) is 6.09. The number of hydrogen-bond acceptors (Lipinski definition) is 8. The van der Waals surface area contributed by atoms with Crippen LogP contribution < -0.4 is 16.0 Å². The van der Waals surface area contributed by atoms with E-state index >= 15 is 0 Å². The van der Waals surface area contributed by atoms with Crippen LogP contribution in [0.2, 0.25) is 0 Å². The number of methoxy groups -OCH3 is 2. The fourth-order valence-electron chi connectivity index (χ4n) is 9.13. The van der Waals surface area contributed by atoms with Crippen molar-refractivity contribution in [3.63, 3.8) is 0 Å². The summed E-state index contributed by atoms with van der Waals surface area (Å²) in [5, 5.41) is 10.7. The third-order valence-corrected chi connectivity index (χ3v) is 12.9. The Morgan fingerprint density at radius 2 is 1.38 bits per heavy atom. The Hall–Kier alpha value is -6.18. The number of nitrogens with zero attached hydrogens (tertiary/aromatic N) is 3. The largest absolute Gasteiger partial charge is 0.453 e. The predicted molar refractivity (Wildman–Crippen MR) is 232 cm³/mol. The molecule has 61 heavy (non-hydrogen) atoms. The van der Waals surface area contributed by atoms with Crippen molar-refractivity contribution in [2.75, 3.05) is 14.2 Å². The third-order valence-electron chi connectivity index (χ3n) is 12.9. The van der Waals surface area contributed by atoms with E-state index in [0.29, 0.717) is 17.8 Å². The molecule has 3 heterocycles. The summed E-state index contributed by atoms with van der Waals surface area (Å²) in [5.74, 6) is 2.33. The number of aromatic nitrogens is 4. The minimum atomic E-state index is -0.677. The molecule has 1 aliphatic heterocycles. The first-order valence-corrected chi connectivity index (χ1v) is 21.4. The van der Waals surface area contributed by atoms with Crippen molar-refractivity contribution in [3.05, 3.63) is 84.7 Å². The lowest BCUT2D eigenvalue weighted by Crippen LogP contribution is -2.52. The number of ether oxygens (including phenoxy) is 2. The van der Waals surface area contributed by atoms with Gasteiger partial charge in [0.2, 0.25) is 11.8 Å². The maximum atomic E-state index is 13.8. The molecule has 0 unspecified atom stereocenters. The van der Waals surface area contributed by atoms with Crippen LogP contribution in [0.4, 0.5) is 9.59 Å². The summed E-state index contributed by atoms with van der Waals surface area (Å²) in [4.78, 5) is 69.1. The van der Waals surface area contributed by atoms with E-state index in [1.54, 1.807) is 0 Å². The highest BCUT2D eigenvalue weighted by Crippen LogP contribution is 2.53. The van der Waals surface area contributed by atoms with Gasteiger partial charge in [-0.05, 0) is 89.0 Å². The van der Waals surface area contributed by atoms with E-state index < -0.39 is 24.3 Å². The van der Waals surface area contributed by atoms with Crippen LogP contribution in [0.15, 0.2) is 73.1 Å². The lowest BCUT2D eigenvalue weighted by molar-refractivity contribution is -0.136. The number of benzene rings is 3. The monoisotopic (exact) mass is 828 g/mol. The first-order chi connectivity index (χ1) is 29.3. The second kappa shape index (κ2) is 17.1. The molecular weight excluding hydrogens is 773 g/mol. The number of aryl methyl sites for hydroxylation is 1. The number of carbonyl (C=O) groups is 4. The van der Waals surface area contributed by atoms with Crippen LogP contribution >= 0.6 is 0 Å². The number of piperidine rings is 1. The molecule has 0 spiro atoms. The highest BCUT2D eigenvalue weighted by molar-refractivity contribution is 5.91. The molecule has 3 aromatic carbocycles. The number of H-pyrrole nitrogens is 2. The average molecular weight is 829 g/mol. The number of alkyl carbamates (subject to hydrolysis) is 2. The van der Waals surface area contributed by atoms with Crippen LogP contribution in [0.3, 0.4) is 0 Å². The van der Waals surface area contributed by atoms with Crippen molar-refractivity contribution < 1.29 is 28.7 Å². The Bertz CT molecular complexity index is 2440. The van der Waals surface area contributed by atoms with Gasteiger partial charge in [-0.2, -0.15) is 0 Å². The zero-order valence-electron chi connectivity index (χ0n) is 35.8. The minimum Gasteiger partial charge on any atom is -0.453 e. The molecule has 0 bridgehead atoms. The molecule has 5 N–H and O–H groups in total.